The number of nitrogens with two attached hydrogens (primary N) is 1. The first-order chi connectivity index (χ1) is 9.78. The monoisotopic (exact) mass is 276 g/mol. The van der Waals surface area contributed by atoms with E-state index in [2.05, 4.69) is 30.0 Å². The maximum absolute atomic E-state index is 6.07. The zero-order valence-electron chi connectivity index (χ0n) is 12.8. The number of likely N-dealkylation sites (tertiary alicyclic amines) is 1. The fourth-order valence-electron chi connectivity index (χ4n) is 3.27. The van der Waals surface area contributed by atoms with E-state index in [9.17, 15) is 0 Å². The van der Waals surface area contributed by atoms with Gasteiger partial charge in [0.1, 0.15) is 5.75 Å². The van der Waals surface area contributed by atoms with E-state index in [1.807, 2.05) is 13.0 Å². The molecule has 0 radical (unpaired) electrons. The van der Waals surface area contributed by atoms with E-state index in [1.165, 1.54) is 38.0 Å². The third-order valence-corrected chi connectivity index (χ3v) is 4.50. The Kier molecular flexibility index (Phi) is 5.86. The Morgan fingerprint density at radius 3 is 2.65 bits per heavy atom. The predicted molar refractivity (Wildman–Crippen MR) is 84.2 cm³/mol. The summed E-state index contributed by atoms with van der Waals surface area (Å²) >= 11 is 0. The second-order valence-corrected chi connectivity index (χ2v) is 5.62. The van der Waals surface area contributed by atoms with Crippen molar-refractivity contribution >= 4 is 0 Å². The topological polar surface area (TPSA) is 38.5 Å². The van der Waals surface area contributed by atoms with Crippen molar-refractivity contribution < 1.29 is 4.74 Å². The molecule has 1 aromatic carbocycles. The van der Waals surface area contributed by atoms with Crippen molar-refractivity contribution in [2.75, 3.05) is 32.8 Å². The second kappa shape index (κ2) is 7.65. The van der Waals surface area contributed by atoms with Crippen molar-refractivity contribution in [3.8, 4) is 5.75 Å². The van der Waals surface area contributed by atoms with E-state index in [0.717, 1.165) is 12.3 Å². The summed E-state index contributed by atoms with van der Waals surface area (Å²) in [5.41, 5.74) is 7.41. The Balaban J connectivity index is 2.06. The van der Waals surface area contributed by atoms with Crippen LogP contribution in [-0.2, 0) is 0 Å². The molecule has 0 amide bonds. The van der Waals surface area contributed by atoms with Gasteiger partial charge in [0.15, 0.2) is 0 Å². The Labute approximate surface area is 123 Å². The SMILES string of the molecule is CCOc1cccc(C(CN)C2CCN(CC)CC2)c1. The van der Waals surface area contributed by atoms with Crippen molar-refractivity contribution in [3.63, 3.8) is 0 Å². The molecule has 0 aliphatic carbocycles. The average molecular weight is 276 g/mol. The van der Waals surface area contributed by atoms with Gasteiger partial charge < -0.3 is 15.4 Å². The highest BCUT2D eigenvalue weighted by Gasteiger charge is 2.26. The van der Waals surface area contributed by atoms with Crippen LogP contribution in [0.15, 0.2) is 24.3 Å². The van der Waals surface area contributed by atoms with Crippen molar-refractivity contribution in [2.45, 2.75) is 32.6 Å². The summed E-state index contributed by atoms with van der Waals surface area (Å²) in [6.07, 6.45) is 2.52. The molecule has 0 bridgehead atoms. The van der Waals surface area contributed by atoms with Crippen LogP contribution in [0.1, 0.15) is 38.2 Å². The maximum Gasteiger partial charge on any atom is 0.119 e. The number of benzene rings is 1. The summed E-state index contributed by atoms with van der Waals surface area (Å²) in [7, 11) is 0. The minimum atomic E-state index is 0.467. The fraction of sp³-hybridized carbons (Fsp3) is 0.647. The van der Waals surface area contributed by atoms with Gasteiger partial charge >= 0.3 is 0 Å². The van der Waals surface area contributed by atoms with Gasteiger partial charge in [-0.25, -0.2) is 0 Å². The first-order valence-corrected chi connectivity index (χ1v) is 7.93. The van der Waals surface area contributed by atoms with Crippen LogP contribution in [0.25, 0.3) is 0 Å². The molecule has 1 unspecified atom stereocenters. The molecule has 1 fully saturated rings. The summed E-state index contributed by atoms with van der Waals surface area (Å²) < 4.78 is 5.61. The van der Waals surface area contributed by atoms with Gasteiger partial charge in [0.05, 0.1) is 6.61 Å². The molecule has 1 aliphatic heterocycles. The van der Waals surface area contributed by atoms with E-state index in [4.69, 9.17) is 10.5 Å². The summed E-state index contributed by atoms with van der Waals surface area (Å²) in [4.78, 5) is 2.53. The molecule has 3 nitrogen and oxygen atoms in total. The second-order valence-electron chi connectivity index (χ2n) is 5.62. The lowest BCUT2D eigenvalue weighted by atomic mass is 9.80. The fourth-order valence-corrected chi connectivity index (χ4v) is 3.27. The highest BCUT2D eigenvalue weighted by atomic mass is 16.5. The molecule has 0 spiro atoms. The molecule has 1 saturated heterocycles. The van der Waals surface area contributed by atoms with Crippen LogP contribution in [0.2, 0.25) is 0 Å². The summed E-state index contributed by atoms with van der Waals surface area (Å²) in [5.74, 6) is 2.14. The van der Waals surface area contributed by atoms with E-state index >= 15 is 0 Å². The Hall–Kier alpha value is -1.06. The van der Waals surface area contributed by atoms with Crippen LogP contribution < -0.4 is 10.5 Å². The normalized spacial score (nSPS) is 18.9. The molecule has 2 rings (SSSR count). The smallest absolute Gasteiger partial charge is 0.119 e. The van der Waals surface area contributed by atoms with Crippen molar-refractivity contribution in [2.24, 2.45) is 11.7 Å². The number of ether oxygens (including phenoxy) is 1. The lowest BCUT2D eigenvalue weighted by Gasteiger charge is -2.35. The number of rotatable bonds is 6. The largest absolute Gasteiger partial charge is 0.494 e. The average Bonchev–Trinajstić information content (AvgIpc) is 2.49. The minimum absolute atomic E-state index is 0.467. The van der Waals surface area contributed by atoms with E-state index in [1.54, 1.807) is 0 Å². The summed E-state index contributed by atoms with van der Waals surface area (Å²) in [6.45, 7) is 9.29. The zero-order chi connectivity index (χ0) is 14.4. The molecular formula is C17H28N2O. The summed E-state index contributed by atoms with van der Waals surface area (Å²) in [5, 5.41) is 0. The van der Waals surface area contributed by atoms with Gasteiger partial charge in [0.25, 0.3) is 0 Å². The van der Waals surface area contributed by atoms with E-state index in [0.29, 0.717) is 18.4 Å². The Morgan fingerprint density at radius 1 is 1.30 bits per heavy atom. The van der Waals surface area contributed by atoms with Crippen LogP contribution >= 0.6 is 0 Å². The Morgan fingerprint density at radius 2 is 2.05 bits per heavy atom. The molecule has 20 heavy (non-hydrogen) atoms. The number of hydrogen-bond acceptors (Lipinski definition) is 3. The molecule has 2 N–H and O–H groups in total. The van der Waals surface area contributed by atoms with E-state index < -0.39 is 0 Å². The first-order valence-electron chi connectivity index (χ1n) is 7.93. The van der Waals surface area contributed by atoms with Gasteiger partial charge in [-0.2, -0.15) is 0 Å². The lowest BCUT2D eigenvalue weighted by molar-refractivity contribution is 0.176. The van der Waals surface area contributed by atoms with Gasteiger partial charge in [0, 0.05) is 0 Å². The number of piperidine rings is 1. The number of hydrogen-bond donors (Lipinski definition) is 1. The first kappa shape index (κ1) is 15.3. The molecule has 1 atom stereocenters. The third kappa shape index (κ3) is 3.74. The standard InChI is InChI=1S/C17H28N2O/c1-3-19-10-8-14(9-11-19)17(13-18)15-6-5-7-16(12-15)20-4-2/h5-7,12,14,17H,3-4,8-11,13,18H2,1-2H3. The van der Waals surface area contributed by atoms with Gasteiger partial charge in [0.2, 0.25) is 0 Å². The van der Waals surface area contributed by atoms with Crippen LogP contribution in [0.5, 0.6) is 5.75 Å². The van der Waals surface area contributed by atoms with Crippen molar-refractivity contribution in [1.82, 2.24) is 4.90 Å². The molecule has 3 heteroatoms. The summed E-state index contributed by atoms with van der Waals surface area (Å²) in [6, 6.07) is 8.49. The highest BCUT2D eigenvalue weighted by Crippen LogP contribution is 2.33. The third-order valence-electron chi connectivity index (χ3n) is 4.50. The lowest BCUT2D eigenvalue weighted by Crippen LogP contribution is -2.36. The van der Waals surface area contributed by atoms with Crippen molar-refractivity contribution in [3.05, 3.63) is 29.8 Å². The van der Waals surface area contributed by atoms with Crippen LogP contribution in [0.4, 0.5) is 0 Å². The van der Waals surface area contributed by atoms with E-state index in [-0.39, 0.29) is 0 Å². The molecular weight excluding hydrogens is 248 g/mol. The molecule has 1 aliphatic rings. The maximum atomic E-state index is 6.07. The number of nitrogens with zero attached hydrogens (tertiary/aromatic N) is 1. The van der Waals surface area contributed by atoms with Crippen LogP contribution in [0.3, 0.4) is 0 Å². The van der Waals surface area contributed by atoms with Gasteiger partial charge in [-0.15, -0.1) is 0 Å². The minimum Gasteiger partial charge on any atom is -0.494 e. The van der Waals surface area contributed by atoms with Gasteiger partial charge in [-0.1, -0.05) is 19.1 Å². The zero-order valence-corrected chi connectivity index (χ0v) is 12.8. The van der Waals surface area contributed by atoms with Gasteiger partial charge in [-0.05, 0) is 75.5 Å². The predicted octanol–water partition coefficient (Wildman–Crippen LogP) is 2.86. The molecule has 112 valence electrons. The quantitative estimate of drug-likeness (QED) is 0.868. The van der Waals surface area contributed by atoms with Gasteiger partial charge in [-0.3, -0.25) is 0 Å². The molecule has 0 aromatic heterocycles. The Bertz CT molecular complexity index is 400. The molecule has 1 aromatic rings. The highest BCUT2D eigenvalue weighted by molar-refractivity contribution is 5.31. The molecule has 0 saturated carbocycles. The molecule has 1 heterocycles. The van der Waals surface area contributed by atoms with Crippen LogP contribution in [0, 0.1) is 5.92 Å². The van der Waals surface area contributed by atoms with Crippen LogP contribution in [-0.4, -0.2) is 37.7 Å². The van der Waals surface area contributed by atoms with Crippen molar-refractivity contribution in [1.29, 1.82) is 0 Å².